The van der Waals surface area contributed by atoms with Gasteiger partial charge >= 0.3 is 0 Å². The van der Waals surface area contributed by atoms with Crippen molar-refractivity contribution in [2.24, 2.45) is 5.92 Å². The summed E-state index contributed by atoms with van der Waals surface area (Å²) in [6.07, 6.45) is -0.720. The number of hydrogen-bond donors (Lipinski definition) is 2. The molecule has 2 N–H and O–H groups in total. The molecule has 0 saturated heterocycles. The minimum atomic E-state index is -4.01. The van der Waals surface area contributed by atoms with Crippen LogP contribution in [0.4, 0.5) is 5.69 Å². The number of aliphatic hydroxyl groups is 1. The summed E-state index contributed by atoms with van der Waals surface area (Å²) in [6.45, 7) is 6.33. The predicted molar refractivity (Wildman–Crippen MR) is 157 cm³/mol. The molecule has 0 spiro atoms. The number of likely N-dealkylation sites (N-methyl/N-ethyl adjacent to an activating group) is 1. The monoisotopic (exact) mass is 636 g/mol. The Morgan fingerprint density at radius 2 is 1.84 bits per heavy atom. The highest BCUT2D eigenvalue weighted by Crippen LogP contribution is 2.32. The van der Waals surface area contributed by atoms with Crippen molar-refractivity contribution in [1.82, 2.24) is 14.4 Å². The van der Waals surface area contributed by atoms with Gasteiger partial charge in [-0.25, -0.2) is 16.8 Å². The van der Waals surface area contributed by atoms with E-state index < -0.39 is 38.1 Å². The third kappa shape index (κ3) is 6.64. The summed E-state index contributed by atoms with van der Waals surface area (Å²) in [5.41, 5.74) is 0.411. The lowest BCUT2D eigenvalue weighted by Gasteiger charge is -2.38. The van der Waals surface area contributed by atoms with Gasteiger partial charge in [0, 0.05) is 25.2 Å². The van der Waals surface area contributed by atoms with E-state index in [-0.39, 0.29) is 63.9 Å². The molecule has 15 heteroatoms. The Labute approximate surface area is 251 Å². The zero-order valence-electron chi connectivity index (χ0n) is 24.8. The molecule has 0 radical (unpaired) electrons. The van der Waals surface area contributed by atoms with Crippen molar-refractivity contribution in [3.8, 4) is 11.5 Å². The fourth-order valence-corrected chi connectivity index (χ4v) is 7.34. The van der Waals surface area contributed by atoms with Crippen molar-refractivity contribution < 1.29 is 40.7 Å². The summed E-state index contributed by atoms with van der Waals surface area (Å²) >= 11 is 0. The molecular formula is C28H36N4O9S2. The zero-order chi connectivity index (χ0) is 31.7. The van der Waals surface area contributed by atoms with E-state index in [1.165, 1.54) is 68.4 Å². The summed E-state index contributed by atoms with van der Waals surface area (Å²) < 4.78 is 73.0. The molecule has 0 bridgehead atoms. The van der Waals surface area contributed by atoms with Crippen molar-refractivity contribution in [2.75, 3.05) is 38.6 Å². The molecule has 13 nitrogen and oxygen atoms in total. The molecule has 3 atom stereocenters. The summed E-state index contributed by atoms with van der Waals surface area (Å²) in [5.74, 6) is -0.0211. The lowest BCUT2D eigenvalue weighted by Crippen LogP contribution is -2.50. The number of aryl methyl sites for hydroxylation is 2. The van der Waals surface area contributed by atoms with Gasteiger partial charge < -0.3 is 24.0 Å². The lowest BCUT2D eigenvalue weighted by atomic mass is 9.99. The van der Waals surface area contributed by atoms with E-state index in [1.54, 1.807) is 13.8 Å². The van der Waals surface area contributed by atoms with Gasteiger partial charge in [-0.15, -0.1) is 0 Å². The van der Waals surface area contributed by atoms with Gasteiger partial charge in [-0.1, -0.05) is 12.1 Å². The lowest BCUT2D eigenvalue weighted by molar-refractivity contribution is 0.0387. The van der Waals surface area contributed by atoms with Crippen LogP contribution in [0.5, 0.6) is 11.5 Å². The summed E-state index contributed by atoms with van der Waals surface area (Å²) in [5, 5.41) is 13.7. The van der Waals surface area contributed by atoms with E-state index in [9.17, 15) is 26.7 Å². The fraction of sp³-hybridized carbons (Fsp3) is 0.429. The minimum absolute atomic E-state index is 0.00502. The number of carbonyl (C=O) groups excluding carboxylic acids is 1. The number of rotatable bonds is 10. The number of aromatic nitrogens is 1. The Morgan fingerprint density at radius 1 is 1.16 bits per heavy atom. The average molecular weight is 637 g/mol. The van der Waals surface area contributed by atoms with E-state index in [0.717, 1.165) is 4.31 Å². The number of carbonyl (C=O) groups is 1. The molecule has 0 fully saturated rings. The first-order valence-corrected chi connectivity index (χ1v) is 16.4. The molecule has 2 aromatic carbocycles. The first kappa shape index (κ1) is 32.3. The number of sulfonamides is 2. The van der Waals surface area contributed by atoms with Gasteiger partial charge in [0.1, 0.15) is 28.2 Å². The molecule has 4 rings (SSSR count). The third-order valence-electron chi connectivity index (χ3n) is 7.36. The van der Waals surface area contributed by atoms with E-state index >= 15 is 0 Å². The number of methoxy groups -OCH3 is 1. The van der Waals surface area contributed by atoms with Crippen LogP contribution in [0.3, 0.4) is 0 Å². The van der Waals surface area contributed by atoms with Crippen molar-refractivity contribution >= 4 is 31.6 Å². The molecule has 43 heavy (non-hydrogen) atoms. The molecule has 234 valence electrons. The van der Waals surface area contributed by atoms with E-state index in [1.807, 2.05) is 6.92 Å². The van der Waals surface area contributed by atoms with Crippen LogP contribution in [0.15, 0.2) is 56.8 Å². The Balaban J connectivity index is 1.68. The summed E-state index contributed by atoms with van der Waals surface area (Å²) in [6, 6.07) is 9.54. The molecule has 1 amide bonds. The molecule has 1 aromatic heterocycles. The van der Waals surface area contributed by atoms with Crippen LogP contribution >= 0.6 is 0 Å². The van der Waals surface area contributed by atoms with Gasteiger partial charge in [-0.3, -0.25) is 9.52 Å². The van der Waals surface area contributed by atoms with Gasteiger partial charge in [0.2, 0.25) is 10.0 Å². The Hall–Kier alpha value is -3.66. The number of aliphatic hydroxyl groups excluding tert-OH is 1. The first-order chi connectivity index (χ1) is 20.2. The van der Waals surface area contributed by atoms with Crippen molar-refractivity contribution in [2.45, 2.75) is 49.6 Å². The van der Waals surface area contributed by atoms with Gasteiger partial charge in [0.15, 0.2) is 5.76 Å². The highest BCUT2D eigenvalue weighted by molar-refractivity contribution is 7.92. The van der Waals surface area contributed by atoms with E-state index in [2.05, 4.69) is 9.88 Å². The van der Waals surface area contributed by atoms with Crippen LogP contribution in [-0.2, 0) is 20.0 Å². The zero-order valence-corrected chi connectivity index (χ0v) is 26.4. The topological polar surface area (TPSA) is 169 Å². The fourth-order valence-electron chi connectivity index (χ4n) is 4.82. The Morgan fingerprint density at radius 3 is 2.42 bits per heavy atom. The standard InChI is InChI=1S/C28H36N4O9S2/c1-17-14-32(18(2)16-33)28(34)24-13-21(30-42(35,36)23-10-8-22(39-6)9-11-23)7-12-25(24)40-26(17)15-31(5)43(37,38)27-19(3)29-41-20(27)4/h7-13,17-18,26,30,33H,14-16H2,1-6H3/t17-,18+,26+/m0/s1. The molecule has 1 aliphatic heterocycles. The van der Waals surface area contributed by atoms with Gasteiger partial charge in [0.05, 0.1) is 36.8 Å². The summed E-state index contributed by atoms with van der Waals surface area (Å²) in [4.78, 5) is 15.2. The molecule has 0 unspecified atom stereocenters. The van der Waals surface area contributed by atoms with Crippen LogP contribution in [0.2, 0.25) is 0 Å². The largest absolute Gasteiger partial charge is 0.497 e. The maximum atomic E-state index is 13.7. The predicted octanol–water partition coefficient (Wildman–Crippen LogP) is 2.64. The number of nitrogens with zero attached hydrogens (tertiary/aromatic N) is 3. The maximum Gasteiger partial charge on any atom is 0.261 e. The molecular weight excluding hydrogens is 600 g/mol. The van der Waals surface area contributed by atoms with Crippen LogP contribution < -0.4 is 14.2 Å². The van der Waals surface area contributed by atoms with Crippen LogP contribution in [0.25, 0.3) is 0 Å². The third-order valence-corrected chi connectivity index (χ3v) is 10.8. The van der Waals surface area contributed by atoms with Crippen molar-refractivity contribution in [3.63, 3.8) is 0 Å². The van der Waals surface area contributed by atoms with Crippen molar-refractivity contribution in [1.29, 1.82) is 0 Å². The van der Waals surface area contributed by atoms with E-state index in [0.29, 0.717) is 5.75 Å². The number of nitrogens with one attached hydrogen (secondary N) is 1. The van der Waals surface area contributed by atoms with Gasteiger partial charge in [-0.2, -0.15) is 4.31 Å². The smallest absolute Gasteiger partial charge is 0.261 e. The Bertz CT molecular complexity index is 1670. The number of anilines is 1. The second-order valence-electron chi connectivity index (χ2n) is 10.6. The quantitative estimate of drug-likeness (QED) is 0.337. The normalized spacial score (nSPS) is 18.4. The van der Waals surface area contributed by atoms with Gasteiger partial charge in [0.25, 0.3) is 15.9 Å². The number of hydrogen-bond acceptors (Lipinski definition) is 10. The highest BCUT2D eigenvalue weighted by atomic mass is 32.2. The van der Waals surface area contributed by atoms with E-state index in [4.69, 9.17) is 14.0 Å². The molecule has 0 saturated carbocycles. The highest BCUT2D eigenvalue weighted by Gasteiger charge is 2.37. The maximum absolute atomic E-state index is 13.7. The van der Waals surface area contributed by atoms with Crippen LogP contribution in [0, 0.1) is 19.8 Å². The first-order valence-electron chi connectivity index (χ1n) is 13.5. The second kappa shape index (κ2) is 12.5. The average Bonchev–Trinajstić information content (AvgIpc) is 3.32. The molecule has 1 aliphatic rings. The minimum Gasteiger partial charge on any atom is -0.497 e. The second-order valence-corrected chi connectivity index (χ2v) is 14.2. The summed E-state index contributed by atoms with van der Waals surface area (Å²) in [7, 11) is -5.10. The van der Waals surface area contributed by atoms with Gasteiger partial charge in [-0.05, 0) is 63.2 Å². The molecule has 2 heterocycles. The molecule has 3 aromatic rings. The SMILES string of the molecule is COc1ccc(S(=O)(=O)Nc2ccc3c(c2)C(=O)N([C@H](C)CO)C[C@H](C)[C@@H](CN(C)S(=O)(=O)c2c(C)noc2C)O3)cc1. The van der Waals surface area contributed by atoms with Crippen LogP contribution in [-0.4, -0.2) is 88.2 Å². The number of benzene rings is 2. The van der Waals surface area contributed by atoms with Crippen LogP contribution in [0.1, 0.15) is 35.7 Å². The number of amides is 1. The van der Waals surface area contributed by atoms with Crippen molar-refractivity contribution in [3.05, 3.63) is 59.5 Å². The number of ether oxygens (including phenoxy) is 2. The Kier molecular flexibility index (Phi) is 9.39. The number of fused-ring (bicyclic) bond motifs is 1. The molecule has 0 aliphatic carbocycles.